The number of hydrogen-bond acceptors (Lipinski definition) is 7. The van der Waals surface area contributed by atoms with Gasteiger partial charge in [-0.05, 0) is 13.8 Å². The molecule has 0 spiro atoms. The van der Waals surface area contributed by atoms with E-state index in [9.17, 15) is 14.2 Å². The lowest BCUT2D eigenvalue weighted by molar-refractivity contribution is -0.146. The van der Waals surface area contributed by atoms with Crippen LogP contribution in [0.2, 0.25) is 0 Å². The molecule has 0 atom stereocenters. The second-order valence-corrected chi connectivity index (χ2v) is 4.28. The first-order valence-electron chi connectivity index (χ1n) is 4.79. The molecule has 0 aromatic heterocycles. The second kappa shape index (κ2) is 8.63. The van der Waals surface area contributed by atoms with Crippen LogP contribution in [0.1, 0.15) is 13.8 Å². The molecule has 7 nitrogen and oxygen atoms in total. The Morgan fingerprint density at radius 1 is 0.944 bits per heavy atom. The highest BCUT2D eigenvalue weighted by Gasteiger charge is 2.07. The van der Waals surface area contributed by atoms with E-state index in [-0.39, 0.29) is 11.1 Å². The van der Waals surface area contributed by atoms with Gasteiger partial charge in [0, 0.05) is 11.1 Å². The average molecular weight is 278 g/mol. The zero-order valence-corrected chi connectivity index (χ0v) is 11.2. The number of ether oxygens (including phenoxy) is 2. The number of carbonyl (C=O) groups is 2. The summed E-state index contributed by atoms with van der Waals surface area (Å²) in [7, 11) is -2.90. The van der Waals surface area contributed by atoms with Crippen LogP contribution >= 0.6 is 8.25 Å². The van der Waals surface area contributed by atoms with Crippen molar-refractivity contribution in [3.8, 4) is 0 Å². The molecule has 18 heavy (non-hydrogen) atoms. The maximum absolute atomic E-state index is 11.1. The smallest absolute Gasteiger partial charge is 0.335 e. The zero-order valence-electron chi connectivity index (χ0n) is 10.2. The predicted molar refractivity (Wildman–Crippen MR) is 62.7 cm³/mol. The summed E-state index contributed by atoms with van der Waals surface area (Å²) in [6.45, 7) is 8.54. The first-order chi connectivity index (χ1) is 8.34. The summed E-state index contributed by atoms with van der Waals surface area (Å²) >= 11 is 0. The predicted octanol–water partition coefficient (Wildman–Crippen LogP) is 1.56. The number of hydrogen-bond donors (Lipinski definition) is 0. The molecular formula is C10H15O7P. The van der Waals surface area contributed by atoms with Crippen LogP contribution in [-0.2, 0) is 32.7 Å². The van der Waals surface area contributed by atoms with Crippen LogP contribution in [0.5, 0.6) is 0 Å². The first-order valence-corrected chi connectivity index (χ1v) is 6.02. The van der Waals surface area contributed by atoms with E-state index in [0.29, 0.717) is 0 Å². The molecular weight excluding hydrogens is 263 g/mol. The Morgan fingerprint density at radius 2 is 1.28 bits per heavy atom. The summed E-state index contributed by atoms with van der Waals surface area (Å²) < 4.78 is 29.1. The van der Waals surface area contributed by atoms with Gasteiger partial charge in [-0.1, -0.05) is 13.2 Å². The third kappa shape index (κ3) is 7.78. The highest BCUT2D eigenvalue weighted by atomic mass is 31.1. The van der Waals surface area contributed by atoms with Crippen molar-refractivity contribution >= 4 is 20.2 Å². The van der Waals surface area contributed by atoms with Gasteiger partial charge in [-0.15, -0.1) is 0 Å². The van der Waals surface area contributed by atoms with Gasteiger partial charge in [0.05, 0.1) is 0 Å². The maximum Gasteiger partial charge on any atom is 0.335 e. The molecule has 0 fully saturated rings. The Bertz CT molecular complexity index is 340. The molecule has 0 aliphatic carbocycles. The van der Waals surface area contributed by atoms with Crippen molar-refractivity contribution in [1.29, 1.82) is 0 Å². The first kappa shape index (κ1) is 16.6. The fourth-order valence-corrected chi connectivity index (χ4v) is 0.944. The molecule has 0 aliphatic heterocycles. The molecule has 0 heterocycles. The van der Waals surface area contributed by atoms with E-state index in [1.54, 1.807) is 0 Å². The van der Waals surface area contributed by atoms with Crippen molar-refractivity contribution in [2.75, 3.05) is 13.6 Å². The van der Waals surface area contributed by atoms with E-state index in [4.69, 9.17) is 0 Å². The van der Waals surface area contributed by atoms with Gasteiger partial charge in [-0.3, -0.25) is 13.6 Å². The number of carbonyl (C=O) groups excluding carboxylic acids is 2. The minimum atomic E-state index is -2.90. The fourth-order valence-electron chi connectivity index (χ4n) is 0.550. The lowest BCUT2D eigenvalue weighted by Gasteiger charge is -2.07. The molecule has 0 aromatic carbocycles. The lowest BCUT2D eigenvalue weighted by atomic mass is 10.4. The Morgan fingerprint density at radius 3 is 1.56 bits per heavy atom. The van der Waals surface area contributed by atoms with Crippen LogP contribution < -0.4 is 0 Å². The summed E-state index contributed by atoms with van der Waals surface area (Å²) in [6.07, 6.45) is 0. The molecule has 0 saturated carbocycles. The van der Waals surface area contributed by atoms with Crippen molar-refractivity contribution in [2.45, 2.75) is 13.8 Å². The summed E-state index contributed by atoms with van der Waals surface area (Å²) in [5.74, 6) is -1.34. The summed E-state index contributed by atoms with van der Waals surface area (Å²) in [6, 6.07) is 0. The minimum absolute atomic E-state index is 0.189. The summed E-state index contributed by atoms with van der Waals surface area (Å²) in [4.78, 5) is 21.8. The van der Waals surface area contributed by atoms with Crippen molar-refractivity contribution in [2.24, 2.45) is 0 Å². The SMILES string of the molecule is C=C(C)C(=O)OCO[PH](=O)OCOC(=O)C(=C)C. The van der Waals surface area contributed by atoms with Crippen molar-refractivity contribution in [3.63, 3.8) is 0 Å². The van der Waals surface area contributed by atoms with Gasteiger partial charge >= 0.3 is 20.2 Å². The van der Waals surface area contributed by atoms with Gasteiger partial charge in [0.15, 0.2) is 0 Å². The van der Waals surface area contributed by atoms with Crippen LogP contribution in [0, 0.1) is 0 Å². The molecule has 0 amide bonds. The highest BCUT2D eigenvalue weighted by Crippen LogP contribution is 2.23. The Balaban J connectivity index is 3.67. The van der Waals surface area contributed by atoms with E-state index in [2.05, 4.69) is 31.7 Å². The third-order valence-corrected chi connectivity index (χ3v) is 2.14. The third-order valence-electron chi connectivity index (χ3n) is 1.43. The molecule has 102 valence electrons. The zero-order chi connectivity index (χ0) is 14.1. The highest BCUT2D eigenvalue weighted by molar-refractivity contribution is 7.33. The largest absolute Gasteiger partial charge is 0.435 e. The molecule has 8 heteroatoms. The number of esters is 2. The molecule has 0 bridgehead atoms. The van der Waals surface area contributed by atoms with Gasteiger partial charge < -0.3 is 9.47 Å². The normalized spacial score (nSPS) is 9.94. The van der Waals surface area contributed by atoms with Crippen LogP contribution in [0.4, 0.5) is 0 Å². The molecule has 0 aliphatic rings. The standard InChI is InChI=1S/C10H15O7P/c1-7(2)9(11)14-5-16-18(13)17-6-15-10(12)8(3)4/h18H,1,3,5-6H2,2,4H3. The average Bonchev–Trinajstić information content (AvgIpc) is 2.28. The van der Waals surface area contributed by atoms with Crippen LogP contribution in [0.15, 0.2) is 24.3 Å². The molecule has 0 aromatic rings. The molecule has 0 saturated heterocycles. The second-order valence-electron chi connectivity index (χ2n) is 3.20. The van der Waals surface area contributed by atoms with Gasteiger partial charge in [-0.25, -0.2) is 9.59 Å². The van der Waals surface area contributed by atoms with Gasteiger partial charge in [0.1, 0.15) is 0 Å². The molecule has 0 unspecified atom stereocenters. The number of rotatable bonds is 8. The molecule has 0 rings (SSSR count). The van der Waals surface area contributed by atoms with E-state index in [0.717, 1.165) is 0 Å². The lowest BCUT2D eigenvalue weighted by Crippen LogP contribution is -2.08. The monoisotopic (exact) mass is 278 g/mol. The van der Waals surface area contributed by atoms with E-state index in [1.807, 2.05) is 0 Å². The van der Waals surface area contributed by atoms with Gasteiger partial charge in [0.25, 0.3) is 0 Å². The van der Waals surface area contributed by atoms with Crippen molar-refractivity contribution in [3.05, 3.63) is 24.3 Å². The van der Waals surface area contributed by atoms with Crippen LogP contribution in [0.25, 0.3) is 0 Å². The minimum Gasteiger partial charge on any atom is -0.435 e. The maximum atomic E-state index is 11.1. The topological polar surface area (TPSA) is 88.1 Å². The van der Waals surface area contributed by atoms with Crippen LogP contribution in [0.3, 0.4) is 0 Å². The van der Waals surface area contributed by atoms with Gasteiger partial charge in [-0.2, -0.15) is 0 Å². The Labute approximate surface area is 105 Å². The fraction of sp³-hybridized carbons (Fsp3) is 0.400. The Kier molecular flexibility index (Phi) is 7.94. The summed E-state index contributed by atoms with van der Waals surface area (Å²) in [5, 5.41) is 0. The van der Waals surface area contributed by atoms with E-state index >= 15 is 0 Å². The molecule has 0 radical (unpaired) electrons. The quantitative estimate of drug-likeness (QED) is 0.288. The van der Waals surface area contributed by atoms with Gasteiger partial charge in [0.2, 0.25) is 13.6 Å². The molecule has 0 N–H and O–H groups in total. The Hall–Kier alpha value is -1.43. The van der Waals surface area contributed by atoms with Crippen LogP contribution in [-0.4, -0.2) is 25.5 Å². The van der Waals surface area contributed by atoms with Crippen molar-refractivity contribution < 1.29 is 32.7 Å². The van der Waals surface area contributed by atoms with Crippen molar-refractivity contribution in [1.82, 2.24) is 0 Å². The van der Waals surface area contributed by atoms with E-state index in [1.165, 1.54) is 13.8 Å². The summed E-state index contributed by atoms with van der Waals surface area (Å²) in [5.41, 5.74) is 0.379. The van der Waals surface area contributed by atoms with E-state index < -0.39 is 33.8 Å².